The second-order valence-corrected chi connectivity index (χ2v) is 5.21. The van der Waals surface area contributed by atoms with Gasteiger partial charge in [0.05, 0.1) is 0 Å². The molecule has 2 aromatic rings. The number of fused-ring (bicyclic) bond motifs is 1. The molecule has 108 valence electrons. The molecule has 0 radical (unpaired) electrons. The third-order valence-corrected chi connectivity index (χ3v) is 3.81. The first-order chi connectivity index (χ1) is 10.1. The molecule has 2 aromatic carbocycles. The second kappa shape index (κ2) is 5.74. The molecule has 0 saturated heterocycles. The number of rotatable bonds is 3. The van der Waals surface area contributed by atoms with E-state index >= 15 is 0 Å². The van der Waals surface area contributed by atoms with E-state index in [4.69, 9.17) is 0 Å². The molecule has 1 N–H and O–H groups in total. The molecule has 0 fully saturated rings. The maximum atomic E-state index is 13.6. The molecule has 4 heteroatoms. The van der Waals surface area contributed by atoms with Gasteiger partial charge in [-0.15, -0.1) is 0 Å². The highest BCUT2D eigenvalue weighted by Crippen LogP contribution is 2.19. The summed E-state index contributed by atoms with van der Waals surface area (Å²) in [6, 6.07) is 9.13. The highest BCUT2D eigenvalue weighted by atomic mass is 19.1. The molecule has 1 aliphatic rings. The fraction of sp³-hybridized carbons (Fsp3) is 0.235. The molecular formula is C17H15F2NO. The fourth-order valence-electron chi connectivity index (χ4n) is 2.62. The zero-order valence-electron chi connectivity index (χ0n) is 11.5. The Balaban J connectivity index is 1.86. The molecule has 2 nitrogen and oxygen atoms in total. The predicted octanol–water partition coefficient (Wildman–Crippen LogP) is 3.04. The van der Waals surface area contributed by atoms with Crippen LogP contribution in [0.25, 0.3) is 0 Å². The van der Waals surface area contributed by atoms with Crippen LogP contribution in [0.2, 0.25) is 0 Å². The first-order valence-electron chi connectivity index (χ1n) is 6.94. The molecule has 3 rings (SSSR count). The molecule has 21 heavy (non-hydrogen) atoms. The maximum absolute atomic E-state index is 13.6. The van der Waals surface area contributed by atoms with Crippen molar-refractivity contribution >= 4 is 5.78 Å². The minimum atomic E-state index is -0.678. The number of carbonyl (C=O) groups excluding carboxylic acids is 1. The quantitative estimate of drug-likeness (QED) is 0.879. The van der Waals surface area contributed by atoms with Crippen LogP contribution in [0.4, 0.5) is 8.78 Å². The Hall–Kier alpha value is -2.07. The highest BCUT2D eigenvalue weighted by Gasteiger charge is 2.16. The SMILES string of the molecule is O=C(Cc1c(F)cccc1F)c1ccc2c(c1)CNCC2. The lowest BCUT2D eigenvalue weighted by molar-refractivity contribution is 0.0990. The van der Waals surface area contributed by atoms with Crippen molar-refractivity contribution in [2.45, 2.75) is 19.4 Å². The van der Waals surface area contributed by atoms with Gasteiger partial charge in [-0.3, -0.25) is 4.79 Å². The van der Waals surface area contributed by atoms with E-state index in [1.165, 1.54) is 23.8 Å². The van der Waals surface area contributed by atoms with Gasteiger partial charge >= 0.3 is 0 Å². The highest BCUT2D eigenvalue weighted by molar-refractivity contribution is 5.97. The summed E-state index contributed by atoms with van der Waals surface area (Å²) >= 11 is 0. The molecule has 0 amide bonds. The van der Waals surface area contributed by atoms with Gasteiger partial charge in [-0.25, -0.2) is 8.78 Å². The molecular weight excluding hydrogens is 272 g/mol. The molecule has 0 saturated carbocycles. The average Bonchev–Trinajstić information content (AvgIpc) is 2.50. The van der Waals surface area contributed by atoms with E-state index < -0.39 is 11.6 Å². The molecule has 0 atom stereocenters. The van der Waals surface area contributed by atoms with Crippen LogP contribution < -0.4 is 5.32 Å². The van der Waals surface area contributed by atoms with Crippen LogP contribution in [-0.4, -0.2) is 12.3 Å². The summed E-state index contributed by atoms with van der Waals surface area (Å²) in [6.07, 6.45) is 0.677. The average molecular weight is 287 g/mol. The molecule has 0 aliphatic carbocycles. The Bertz CT molecular complexity index is 677. The lowest BCUT2D eigenvalue weighted by Crippen LogP contribution is -2.24. The summed E-state index contributed by atoms with van der Waals surface area (Å²) in [6.45, 7) is 1.66. The zero-order valence-corrected chi connectivity index (χ0v) is 11.5. The zero-order chi connectivity index (χ0) is 14.8. The lowest BCUT2D eigenvalue weighted by atomic mass is 9.95. The van der Waals surface area contributed by atoms with E-state index in [0.717, 1.165) is 25.1 Å². The molecule has 0 spiro atoms. The number of hydrogen-bond acceptors (Lipinski definition) is 2. The van der Waals surface area contributed by atoms with Crippen LogP contribution in [0.3, 0.4) is 0 Å². The molecule has 0 bridgehead atoms. The summed E-state index contributed by atoms with van der Waals surface area (Å²) in [4.78, 5) is 12.3. The number of hydrogen-bond donors (Lipinski definition) is 1. The largest absolute Gasteiger partial charge is 0.312 e. The van der Waals surface area contributed by atoms with Gasteiger partial charge in [-0.2, -0.15) is 0 Å². The number of benzene rings is 2. The van der Waals surface area contributed by atoms with E-state index in [1.54, 1.807) is 6.07 Å². The van der Waals surface area contributed by atoms with Gasteiger partial charge < -0.3 is 5.32 Å². The van der Waals surface area contributed by atoms with Crippen LogP contribution in [0.15, 0.2) is 36.4 Å². The normalized spacial score (nSPS) is 13.8. The summed E-state index contributed by atoms with van der Waals surface area (Å²) < 4.78 is 27.2. The van der Waals surface area contributed by atoms with Crippen molar-refractivity contribution in [2.75, 3.05) is 6.54 Å². The van der Waals surface area contributed by atoms with Gasteiger partial charge in [0.2, 0.25) is 0 Å². The van der Waals surface area contributed by atoms with Gasteiger partial charge in [0.1, 0.15) is 11.6 Å². The second-order valence-electron chi connectivity index (χ2n) is 5.21. The Kier molecular flexibility index (Phi) is 3.80. The van der Waals surface area contributed by atoms with Crippen molar-refractivity contribution in [3.63, 3.8) is 0 Å². The van der Waals surface area contributed by atoms with Crippen LogP contribution in [-0.2, 0) is 19.4 Å². The van der Waals surface area contributed by atoms with Crippen molar-refractivity contribution in [1.82, 2.24) is 5.32 Å². The topological polar surface area (TPSA) is 29.1 Å². The van der Waals surface area contributed by atoms with Gasteiger partial charge in [-0.05, 0) is 42.3 Å². The first-order valence-corrected chi connectivity index (χ1v) is 6.94. The van der Waals surface area contributed by atoms with Crippen molar-refractivity contribution in [2.24, 2.45) is 0 Å². The van der Waals surface area contributed by atoms with Crippen molar-refractivity contribution in [1.29, 1.82) is 0 Å². The standard InChI is InChI=1S/C17H15F2NO/c18-15-2-1-3-16(19)14(15)9-17(21)12-5-4-11-6-7-20-10-13(11)8-12/h1-5,8,20H,6-7,9-10H2. The molecule has 0 aromatic heterocycles. The fourth-order valence-corrected chi connectivity index (χ4v) is 2.62. The molecule has 1 heterocycles. The summed E-state index contributed by atoms with van der Waals surface area (Å²) in [5, 5.41) is 3.24. The third kappa shape index (κ3) is 2.85. The van der Waals surface area contributed by atoms with E-state index in [2.05, 4.69) is 5.32 Å². The smallest absolute Gasteiger partial charge is 0.167 e. The van der Waals surface area contributed by atoms with E-state index in [-0.39, 0.29) is 17.8 Å². The van der Waals surface area contributed by atoms with Crippen LogP contribution in [0, 0.1) is 11.6 Å². The summed E-state index contributed by atoms with van der Waals surface area (Å²) in [5.41, 5.74) is 2.64. The number of carbonyl (C=O) groups is 1. The van der Waals surface area contributed by atoms with Gasteiger partial charge in [0.15, 0.2) is 5.78 Å². The van der Waals surface area contributed by atoms with E-state index in [0.29, 0.717) is 5.56 Å². The number of Topliss-reactive ketones (excluding diaryl/α,β-unsaturated/α-hetero) is 1. The first kappa shape index (κ1) is 13.9. The van der Waals surface area contributed by atoms with Crippen LogP contribution in [0.5, 0.6) is 0 Å². The van der Waals surface area contributed by atoms with Crippen molar-refractivity contribution in [3.8, 4) is 0 Å². The van der Waals surface area contributed by atoms with Gasteiger partial charge in [0.25, 0.3) is 0 Å². The van der Waals surface area contributed by atoms with E-state index in [1.807, 2.05) is 12.1 Å². The molecule has 0 unspecified atom stereocenters. The molecule has 1 aliphatic heterocycles. The number of halogens is 2. The lowest BCUT2D eigenvalue weighted by Gasteiger charge is -2.17. The third-order valence-electron chi connectivity index (χ3n) is 3.81. The van der Waals surface area contributed by atoms with Crippen LogP contribution in [0.1, 0.15) is 27.0 Å². The number of ketones is 1. The summed E-state index contributed by atoms with van der Waals surface area (Å²) in [5.74, 6) is -1.63. The van der Waals surface area contributed by atoms with Crippen LogP contribution >= 0.6 is 0 Å². The monoisotopic (exact) mass is 287 g/mol. The number of nitrogens with one attached hydrogen (secondary N) is 1. The maximum Gasteiger partial charge on any atom is 0.167 e. The minimum absolute atomic E-state index is 0.168. The van der Waals surface area contributed by atoms with Gasteiger partial charge in [0, 0.05) is 24.1 Å². The van der Waals surface area contributed by atoms with E-state index in [9.17, 15) is 13.6 Å². The Morgan fingerprint density at radius 3 is 2.62 bits per heavy atom. The predicted molar refractivity (Wildman–Crippen MR) is 76.2 cm³/mol. The Labute approximate surface area is 121 Å². The van der Waals surface area contributed by atoms with Crippen molar-refractivity contribution < 1.29 is 13.6 Å². The minimum Gasteiger partial charge on any atom is -0.312 e. The Morgan fingerprint density at radius 1 is 1.10 bits per heavy atom. The Morgan fingerprint density at radius 2 is 1.86 bits per heavy atom. The summed E-state index contributed by atoms with van der Waals surface area (Å²) in [7, 11) is 0. The van der Waals surface area contributed by atoms with Gasteiger partial charge in [-0.1, -0.05) is 18.2 Å². The van der Waals surface area contributed by atoms with Crippen molar-refractivity contribution in [3.05, 3.63) is 70.3 Å².